The second-order valence-electron chi connectivity index (χ2n) is 15.1. The fourth-order valence-corrected chi connectivity index (χ4v) is 9.35. The van der Waals surface area contributed by atoms with Gasteiger partial charge in [-0.05, 0) is 98.8 Å². The SMILES string of the molecule is Cc1cc(C)c(-c2cccc(-c3ccc4c(c3)C3(c5ccccc5-c5ccccc53)c3cccc(-c5nc(-c6ccccc6)nc(-c6ccccc6)n5)c3-4)c2)cn1. The summed E-state index contributed by atoms with van der Waals surface area (Å²) in [7, 11) is 0. The van der Waals surface area contributed by atoms with Gasteiger partial charge in [-0.3, -0.25) is 4.98 Å². The van der Waals surface area contributed by atoms with Gasteiger partial charge in [-0.2, -0.15) is 0 Å². The molecule has 57 heavy (non-hydrogen) atoms. The average molecular weight is 729 g/mol. The Morgan fingerprint density at radius 3 is 1.54 bits per heavy atom. The molecule has 7 aromatic carbocycles. The zero-order valence-electron chi connectivity index (χ0n) is 31.6. The lowest BCUT2D eigenvalue weighted by atomic mass is 9.70. The molecule has 0 N–H and O–H groups in total. The minimum absolute atomic E-state index is 0.545. The van der Waals surface area contributed by atoms with Crippen molar-refractivity contribution >= 4 is 0 Å². The molecule has 0 amide bonds. The normalized spacial score (nSPS) is 12.9. The van der Waals surface area contributed by atoms with Crippen LogP contribution in [0.25, 0.3) is 78.7 Å². The number of rotatable bonds is 5. The summed E-state index contributed by atoms with van der Waals surface area (Å²) in [4.78, 5) is 20.2. The molecule has 1 spiro atoms. The monoisotopic (exact) mass is 728 g/mol. The molecule has 0 radical (unpaired) electrons. The minimum Gasteiger partial charge on any atom is -0.261 e. The van der Waals surface area contributed by atoms with E-state index in [1.807, 2.05) is 49.5 Å². The van der Waals surface area contributed by atoms with Gasteiger partial charge in [0.15, 0.2) is 17.5 Å². The summed E-state index contributed by atoms with van der Waals surface area (Å²) < 4.78 is 0. The van der Waals surface area contributed by atoms with Crippen molar-refractivity contribution in [1.29, 1.82) is 0 Å². The van der Waals surface area contributed by atoms with Crippen molar-refractivity contribution in [3.63, 3.8) is 0 Å². The van der Waals surface area contributed by atoms with Gasteiger partial charge in [-0.1, -0.05) is 158 Å². The molecule has 4 heteroatoms. The molecule has 0 aliphatic heterocycles. The van der Waals surface area contributed by atoms with E-state index >= 15 is 0 Å². The number of fused-ring (bicyclic) bond motifs is 10. The van der Waals surface area contributed by atoms with E-state index < -0.39 is 5.41 Å². The van der Waals surface area contributed by atoms with Crippen LogP contribution in [0.3, 0.4) is 0 Å². The summed E-state index contributed by atoms with van der Waals surface area (Å²) in [5.41, 5.74) is 19.2. The van der Waals surface area contributed by atoms with Gasteiger partial charge in [-0.25, -0.2) is 15.0 Å². The molecule has 2 heterocycles. The summed E-state index contributed by atoms with van der Waals surface area (Å²) in [5, 5.41) is 0. The Bertz CT molecular complexity index is 2940. The first-order chi connectivity index (χ1) is 28.1. The van der Waals surface area contributed by atoms with Crippen molar-refractivity contribution in [3.8, 4) is 78.7 Å². The third-order valence-electron chi connectivity index (χ3n) is 11.8. The van der Waals surface area contributed by atoms with E-state index in [4.69, 9.17) is 15.0 Å². The van der Waals surface area contributed by atoms with Crippen LogP contribution in [0, 0.1) is 13.8 Å². The van der Waals surface area contributed by atoms with Crippen LogP contribution in [0.15, 0.2) is 182 Å². The Morgan fingerprint density at radius 2 is 0.877 bits per heavy atom. The molecule has 0 unspecified atom stereocenters. The number of pyridine rings is 1. The fraction of sp³-hybridized carbons (Fsp3) is 0.0566. The Labute approximate surface area is 332 Å². The zero-order valence-corrected chi connectivity index (χ0v) is 31.6. The highest BCUT2D eigenvalue weighted by Crippen LogP contribution is 2.64. The highest BCUT2D eigenvalue weighted by atomic mass is 15.0. The molecule has 0 saturated carbocycles. The standard InChI is InChI=1S/C53H36N4/c1-33-29-34(2)54-32-44(33)39-20-13-19-37(30-39)38-27-28-42-48(31-38)53(45-24-11-9-21-40(45)41-22-10-12-25-46(41)53)47-26-14-23-43(49(42)47)52-56-50(35-15-5-3-6-16-35)55-51(57-52)36-17-7-4-8-18-36/h3-32H,1-2H3. The highest BCUT2D eigenvalue weighted by Gasteiger charge is 2.52. The molecule has 0 atom stereocenters. The number of aryl methyl sites for hydroxylation is 2. The molecule has 9 aromatic rings. The average Bonchev–Trinajstić information content (AvgIpc) is 3.74. The van der Waals surface area contributed by atoms with E-state index in [1.54, 1.807) is 0 Å². The molecule has 4 nitrogen and oxygen atoms in total. The fourth-order valence-electron chi connectivity index (χ4n) is 9.35. The summed E-state index contributed by atoms with van der Waals surface area (Å²) in [5.74, 6) is 1.95. The predicted octanol–water partition coefficient (Wildman–Crippen LogP) is 12.6. The van der Waals surface area contributed by atoms with Crippen molar-refractivity contribution in [2.24, 2.45) is 0 Å². The molecular formula is C53H36N4. The summed E-state index contributed by atoms with van der Waals surface area (Å²) in [6, 6.07) is 63.1. The van der Waals surface area contributed by atoms with Crippen LogP contribution in [0.5, 0.6) is 0 Å². The van der Waals surface area contributed by atoms with Crippen LogP contribution in [0.1, 0.15) is 33.5 Å². The van der Waals surface area contributed by atoms with Gasteiger partial charge in [0.1, 0.15) is 0 Å². The second-order valence-corrected chi connectivity index (χ2v) is 15.1. The smallest absolute Gasteiger partial charge is 0.164 e. The van der Waals surface area contributed by atoms with E-state index in [2.05, 4.69) is 151 Å². The maximum Gasteiger partial charge on any atom is 0.164 e. The number of benzene rings is 7. The third kappa shape index (κ3) is 5.07. The Morgan fingerprint density at radius 1 is 0.351 bits per heavy atom. The second kappa shape index (κ2) is 12.9. The van der Waals surface area contributed by atoms with Gasteiger partial charge in [0.05, 0.1) is 5.41 Å². The quantitative estimate of drug-likeness (QED) is 0.177. The van der Waals surface area contributed by atoms with E-state index in [1.165, 1.54) is 55.6 Å². The number of hydrogen-bond donors (Lipinski definition) is 0. The Balaban J connectivity index is 1.18. The van der Waals surface area contributed by atoms with Gasteiger partial charge in [-0.15, -0.1) is 0 Å². The predicted molar refractivity (Wildman–Crippen MR) is 231 cm³/mol. The first-order valence-corrected chi connectivity index (χ1v) is 19.5. The first kappa shape index (κ1) is 33.1. The lowest BCUT2D eigenvalue weighted by molar-refractivity contribution is 0.794. The van der Waals surface area contributed by atoms with Crippen molar-refractivity contribution in [3.05, 3.63) is 216 Å². The van der Waals surface area contributed by atoms with Gasteiger partial charge >= 0.3 is 0 Å². The number of aromatic nitrogens is 4. The highest BCUT2D eigenvalue weighted by molar-refractivity contribution is 6.00. The van der Waals surface area contributed by atoms with Crippen LogP contribution in [-0.2, 0) is 5.41 Å². The van der Waals surface area contributed by atoms with E-state index in [9.17, 15) is 0 Å². The lowest BCUT2D eigenvalue weighted by Gasteiger charge is -2.30. The first-order valence-electron chi connectivity index (χ1n) is 19.5. The molecule has 0 fully saturated rings. The van der Waals surface area contributed by atoms with Crippen LogP contribution in [-0.4, -0.2) is 19.9 Å². The Hall–Kier alpha value is -7.30. The van der Waals surface area contributed by atoms with E-state index in [-0.39, 0.29) is 0 Å². The molecule has 0 saturated heterocycles. The van der Waals surface area contributed by atoms with Crippen molar-refractivity contribution in [2.75, 3.05) is 0 Å². The van der Waals surface area contributed by atoms with Crippen molar-refractivity contribution in [2.45, 2.75) is 19.3 Å². The van der Waals surface area contributed by atoms with Crippen LogP contribution in [0.4, 0.5) is 0 Å². The number of nitrogens with zero attached hydrogens (tertiary/aromatic N) is 4. The van der Waals surface area contributed by atoms with Crippen molar-refractivity contribution in [1.82, 2.24) is 19.9 Å². The number of hydrogen-bond acceptors (Lipinski definition) is 4. The van der Waals surface area contributed by atoms with E-state index in [0.29, 0.717) is 17.5 Å². The molecule has 2 aliphatic rings. The molecular weight excluding hydrogens is 693 g/mol. The van der Waals surface area contributed by atoms with E-state index in [0.717, 1.165) is 39.1 Å². The molecule has 11 rings (SSSR count). The van der Waals surface area contributed by atoms with Gasteiger partial charge in [0.2, 0.25) is 0 Å². The molecule has 268 valence electrons. The lowest BCUT2D eigenvalue weighted by Crippen LogP contribution is -2.25. The maximum atomic E-state index is 5.24. The van der Waals surface area contributed by atoms with Crippen molar-refractivity contribution < 1.29 is 0 Å². The van der Waals surface area contributed by atoms with Crippen LogP contribution >= 0.6 is 0 Å². The summed E-state index contributed by atoms with van der Waals surface area (Å²) >= 11 is 0. The molecule has 2 aliphatic carbocycles. The Kier molecular flexibility index (Phi) is 7.48. The van der Waals surface area contributed by atoms with Crippen LogP contribution in [0.2, 0.25) is 0 Å². The van der Waals surface area contributed by atoms with Gasteiger partial charge < -0.3 is 0 Å². The largest absolute Gasteiger partial charge is 0.261 e. The molecule has 2 aromatic heterocycles. The third-order valence-corrected chi connectivity index (χ3v) is 11.8. The summed E-state index contributed by atoms with van der Waals surface area (Å²) in [6.07, 6.45) is 2.00. The zero-order chi connectivity index (χ0) is 38.1. The van der Waals surface area contributed by atoms with Gasteiger partial charge in [0, 0.05) is 34.1 Å². The summed E-state index contributed by atoms with van der Waals surface area (Å²) in [6.45, 7) is 4.21. The maximum absolute atomic E-state index is 5.24. The molecule has 0 bridgehead atoms. The van der Waals surface area contributed by atoms with Gasteiger partial charge in [0.25, 0.3) is 0 Å². The minimum atomic E-state index is -0.545. The topological polar surface area (TPSA) is 51.6 Å². The van der Waals surface area contributed by atoms with Crippen LogP contribution < -0.4 is 0 Å².